The number of rotatable bonds is 3. The lowest BCUT2D eigenvalue weighted by Crippen LogP contribution is -2.41. The Morgan fingerprint density at radius 3 is 2.41 bits per heavy atom. The lowest BCUT2D eigenvalue weighted by Gasteiger charge is -2.27. The molecule has 2 heterocycles. The number of hydrogen-bond acceptors (Lipinski definition) is 4. The zero-order valence-corrected chi connectivity index (χ0v) is 17.8. The van der Waals surface area contributed by atoms with E-state index in [0.717, 1.165) is 26.6 Å². The monoisotopic (exact) mass is 422 g/mol. The molecule has 0 N–H and O–H groups in total. The van der Waals surface area contributed by atoms with E-state index in [4.69, 9.17) is 4.99 Å². The average molecular weight is 422 g/mol. The van der Waals surface area contributed by atoms with Crippen molar-refractivity contribution in [3.63, 3.8) is 0 Å². The minimum atomic E-state index is -0.388. The first-order valence-electron chi connectivity index (χ1n) is 10.5. The Bertz CT molecular complexity index is 1490. The van der Waals surface area contributed by atoms with E-state index in [1.807, 2.05) is 66.9 Å². The van der Waals surface area contributed by atoms with Crippen molar-refractivity contribution in [2.75, 3.05) is 0 Å². The molecule has 6 nitrogen and oxygen atoms in total. The van der Waals surface area contributed by atoms with E-state index >= 15 is 0 Å². The molecule has 0 radical (unpaired) electrons. The van der Waals surface area contributed by atoms with Gasteiger partial charge in [-0.25, -0.2) is 9.79 Å². The molecule has 5 rings (SSSR count). The lowest BCUT2D eigenvalue weighted by molar-refractivity contribution is 0.636. The molecular weight excluding hydrogens is 400 g/mol. The third kappa shape index (κ3) is 3.21. The summed E-state index contributed by atoms with van der Waals surface area (Å²) in [7, 11) is 3.15. The van der Waals surface area contributed by atoms with Gasteiger partial charge in [0.15, 0.2) is 0 Å². The van der Waals surface area contributed by atoms with Gasteiger partial charge < -0.3 is 0 Å². The fourth-order valence-corrected chi connectivity index (χ4v) is 4.38. The summed E-state index contributed by atoms with van der Waals surface area (Å²) in [4.78, 5) is 35.0. The van der Waals surface area contributed by atoms with Gasteiger partial charge in [0.05, 0.1) is 11.3 Å². The Labute approximate surface area is 184 Å². The topological polar surface area (TPSA) is 68.7 Å². The van der Waals surface area contributed by atoms with Gasteiger partial charge in [0.2, 0.25) is 0 Å². The first kappa shape index (κ1) is 19.9. The van der Waals surface area contributed by atoms with Crippen molar-refractivity contribution in [1.82, 2.24) is 9.13 Å². The van der Waals surface area contributed by atoms with Gasteiger partial charge in [-0.3, -0.25) is 18.9 Å². The second-order valence-electron chi connectivity index (χ2n) is 7.96. The van der Waals surface area contributed by atoms with Crippen LogP contribution in [0, 0.1) is 5.92 Å². The molecule has 0 saturated heterocycles. The molecule has 158 valence electrons. The van der Waals surface area contributed by atoms with Crippen LogP contribution in [0.3, 0.4) is 0 Å². The van der Waals surface area contributed by atoms with Crippen LogP contribution < -0.4 is 11.2 Å². The van der Waals surface area contributed by atoms with Crippen molar-refractivity contribution >= 4 is 34.7 Å². The normalized spacial score (nSPS) is 17.7. The fraction of sp³-hybridized carbons (Fsp3) is 0.154. The van der Waals surface area contributed by atoms with E-state index in [0.29, 0.717) is 11.4 Å². The van der Waals surface area contributed by atoms with Gasteiger partial charge in [0, 0.05) is 43.7 Å². The van der Waals surface area contributed by atoms with Crippen LogP contribution in [0.1, 0.15) is 17.0 Å². The van der Waals surface area contributed by atoms with Crippen molar-refractivity contribution in [3.8, 4) is 0 Å². The van der Waals surface area contributed by atoms with Gasteiger partial charge >= 0.3 is 5.69 Å². The van der Waals surface area contributed by atoms with E-state index in [9.17, 15) is 9.59 Å². The van der Waals surface area contributed by atoms with Gasteiger partial charge in [-0.1, -0.05) is 66.7 Å². The summed E-state index contributed by atoms with van der Waals surface area (Å²) < 4.78 is 2.58. The van der Waals surface area contributed by atoms with E-state index in [2.05, 4.69) is 17.1 Å². The highest BCUT2D eigenvalue weighted by molar-refractivity contribution is 5.96. The third-order valence-corrected chi connectivity index (χ3v) is 6.04. The Morgan fingerprint density at radius 1 is 0.875 bits per heavy atom. The largest absolute Gasteiger partial charge is 0.332 e. The van der Waals surface area contributed by atoms with Crippen LogP contribution in [0.5, 0.6) is 0 Å². The molecule has 1 aliphatic rings. The summed E-state index contributed by atoms with van der Waals surface area (Å²) >= 11 is 0. The van der Waals surface area contributed by atoms with E-state index in [-0.39, 0.29) is 23.1 Å². The number of fused-ring (bicyclic) bond motifs is 2. The summed E-state index contributed by atoms with van der Waals surface area (Å²) in [6, 6.07) is 24.0. The molecule has 32 heavy (non-hydrogen) atoms. The zero-order chi connectivity index (χ0) is 22.2. The maximum Gasteiger partial charge on any atom is 0.332 e. The van der Waals surface area contributed by atoms with Crippen molar-refractivity contribution in [2.45, 2.75) is 5.92 Å². The van der Waals surface area contributed by atoms with E-state index in [1.54, 1.807) is 13.3 Å². The fourth-order valence-electron chi connectivity index (χ4n) is 4.38. The third-order valence-electron chi connectivity index (χ3n) is 6.04. The summed E-state index contributed by atoms with van der Waals surface area (Å²) in [5.74, 6) is -0.135. The SMILES string of the molecule is Cn1c2c(c(=O)n(C)c1=O)C(c1ccccc1)C(C=Nc1cccc3ccccc13)C=N2. The molecule has 0 spiro atoms. The summed E-state index contributed by atoms with van der Waals surface area (Å²) in [6.45, 7) is 0. The Morgan fingerprint density at radius 2 is 1.59 bits per heavy atom. The molecule has 1 aromatic heterocycles. The number of hydrogen-bond donors (Lipinski definition) is 0. The van der Waals surface area contributed by atoms with Crippen LogP contribution in [-0.4, -0.2) is 21.6 Å². The molecule has 4 aromatic rings. The predicted molar refractivity (Wildman–Crippen MR) is 129 cm³/mol. The Balaban J connectivity index is 1.68. The molecule has 1 aliphatic heterocycles. The molecule has 0 bridgehead atoms. The van der Waals surface area contributed by atoms with Gasteiger partial charge in [-0.2, -0.15) is 0 Å². The van der Waals surface area contributed by atoms with E-state index < -0.39 is 0 Å². The second-order valence-corrected chi connectivity index (χ2v) is 7.96. The van der Waals surface area contributed by atoms with Gasteiger partial charge in [0.1, 0.15) is 5.82 Å². The standard InChI is InChI=1S/C26H22N4O2/c1-29-24-23(25(31)30(2)26(29)32)22(18-10-4-3-5-11-18)19(16-28-24)15-27-21-14-8-12-17-9-6-7-13-20(17)21/h3-16,19,22H,1-2H3. The summed E-state index contributed by atoms with van der Waals surface area (Å²) in [6.07, 6.45) is 3.64. The molecule has 3 aromatic carbocycles. The van der Waals surface area contributed by atoms with Gasteiger partial charge in [0.25, 0.3) is 5.56 Å². The molecular formula is C26H22N4O2. The van der Waals surface area contributed by atoms with Crippen LogP contribution in [0.25, 0.3) is 10.8 Å². The average Bonchev–Trinajstić information content (AvgIpc) is 2.84. The smallest absolute Gasteiger partial charge is 0.281 e. The number of benzene rings is 3. The molecule has 0 saturated carbocycles. The molecule has 0 fully saturated rings. The number of aliphatic imine (C=N–C) groups is 2. The second kappa shape index (κ2) is 7.89. The van der Waals surface area contributed by atoms with Crippen molar-refractivity contribution in [1.29, 1.82) is 0 Å². The first-order chi connectivity index (χ1) is 15.6. The van der Waals surface area contributed by atoms with Crippen LogP contribution >= 0.6 is 0 Å². The van der Waals surface area contributed by atoms with Gasteiger partial charge in [-0.05, 0) is 17.0 Å². The highest BCUT2D eigenvalue weighted by atomic mass is 16.2. The molecule has 2 atom stereocenters. The van der Waals surface area contributed by atoms with Crippen molar-refractivity contribution in [2.24, 2.45) is 30.0 Å². The zero-order valence-electron chi connectivity index (χ0n) is 17.8. The molecule has 2 unspecified atom stereocenters. The molecule has 0 amide bonds. The van der Waals surface area contributed by atoms with Crippen LogP contribution in [0.15, 0.2) is 92.4 Å². The highest BCUT2D eigenvalue weighted by Gasteiger charge is 2.33. The van der Waals surface area contributed by atoms with Crippen LogP contribution in [0.4, 0.5) is 11.5 Å². The minimum Gasteiger partial charge on any atom is -0.281 e. The summed E-state index contributed by atoms with van der Waals surface area (Å²) in [5, 5.41) is 2.18. The highest BCUT2D eigenvalue weighted by Crippen LogP contribution is 2.37. The number of aromatic nitrogens is 2. The predicted octanol–water partition coefficient (Wildman–Crippen LogP) is 4.10. The quantitative estimate of drug-likeness (QED) is 0.467. The molecule has 0 aliphatic carbocycles. The van der Waals surface area contributed by atoms with Crippen molar-refractivity contribution in [3.05, 3.63) is 105 Å². The summed E-state index contributed by atoms with van der Waals surface area (Å²) in [5.41, 5.74) is 1.64. The molecule has 6 heteroatoms. The maximum atomic E-state index is 13.2. The maximum absolute atomic E-state index is 13.2. The lowest BCUT2D eigenvalue weighted by atomic mass is 9.80. The Hall–Kier alpha value is -4.06. The van der Waals surface area contributed by atoms with Crippen molar-refractivity contribution < 1.29 is 0 Å². The number of nitrogens with zero attached hydrogens (tertiary/aromatic N) is 4. The first-order valence-corrected chi connectivity index (χ1v) is 10.5. The van der Waals surface area contributed by atoms with E-state index in [1.165, 1.54) is 11.6 Å². The van der Waals surface area contributed by atoms with Gasteiger partial charge in [-0.15, -0.1) is 0 Å². The Kier molecular flexibility index (Phi) is 4.90. The van der Waals surface area contributed by atoms with Crippen LogP contribution in [-0.2, 0) is 14.1 Å². The van der Waals surface area contributed by atoms with Crippen LogP contribution in [0.2, 0.25) is 0 Å². The minimum absolute atomic E-state index is 0.242.